The standard InChI is InChI=1S/C11H15F3O/c1-7-5-8(6-10(2,3)4)9(15-7)11(12,13)14/h5H,6H2,1-4H3. The Bertz CT molecular complexity index is 342. The summed E-state index contributed by atoms with van der Waals surface area (Å²) in [5.74, 6) is -0.545. The van der Waals surface area contributed by atoms with Crippen LogP contribution in [0.1, 0.15) is 37.9 Å². The lowest BCUT2D eigenvalue weighted by atomic mass is 9.88. The molecular formula is C11H15F3O. The third-order valence-corrected chi connectivity index (χ3v) is 1.91. The monoisotopic (exact) mass is 220 g/mol. The molecule has 0 aromatic carbocycles. The topological polar surface area (TPSA) is 13.1 Å². The number of furan rings is 1. The summed E-state index contributed by atoms with van der Waals surface area (Å²) in [4.78, 5) is 0. The molecule has 1 nitrogen and oxygen atoms in total. The first-order chi connectivity index (χ1) is 6.59. The van der Waals surface area contributed by atoms with Gasteiger partial charge in [0, 0.05) is 5.56 Å². The van der Waals surface area contributed by atoms with Crippen molar-refractivity contribution in [2.45, 2.75) is 40.3 Å². The number of halogens is 3. The van der Waals surface area contributed by atoms with Crippen LogP contribution in [-0.2, 0) is 12.6 Å². The van der Waals surface area contributed by atoms with Gasteiger partial charge >= 0.3 is 6.18 Å². The van der Waals surface area contributed by atoms with Gasteiger partial charge in [-0.2, -0.15) is 13.2 Å². The van der Waals surface area contributed by atoms with Gasteiger partial charge < -0.3 is 4.42 Å². The first-order valence-corrected chi connectivity index (χ1v) is 4.76. The molecule has 0 aliphatic carbocycles. The van der Waals surface area contributed by atoms with E-state index in [1.807, 2.05) is 20.8 Å². The summed E-state index contributed by atoms with van der Waals surface area (Å²) in [6, 6.07) is 1.47. The van der Waals surface area contributed by atoms with Crippen molar-refractivity contribution in [3.8, 4) is 0 Å². The molecule has 1 heterocycles. The van der Waals surface area contributed by atoms with E-state index >= 15 is 0 Å². The first kappa shape index (κ1) is 12.1. The SMILES string of the molecule is Cc1cc(CC(C)(C)C)c(C(F)(F)F)o1. The molecule has 0 amide bonds. The van der Waals surface area contributed by atoms with E-state index in [0.717, 1.165) is 0 Å². The molecule has 0 aliphatic heterocycles. The van der Waals surface area contributed by atoms with Crippen LogP contribution in [0.25, 0.3) is 0 Å². The van der Waals surface area contributed by atoms with Gasteiger partial charge in [0.05, 0.1) is 0 Å². The molecule has 0 bridgehead atoms. The van der Waals surface area contributed by atoms with Crippen molar-refractivity contribution >= 4 is 0 Å². The van der Waals surface area contributed by atoms with Crippen LogP contribution in [-0.4, -0.2) is 0 Å². The molecule has 0 N–H and O–H groups in total. The van der Waals surface area contributed by atoms with Crippen molar-refractivity contribution in [2.75, 3.05) is 0 Å². The van der Waals surface area contributed by atoms with Crippen LogP contribution in [0, 0.1) is 12.3 Å². The maximum absolute atomic E-state index is 12.5. The molecule has 15 heavy (non-hydrogen) atoms. The zero-order valence-electron chi connectivity index (χ0n) is 9.33. The molecule has 1 aromatic heterocycles. The highest BCUT2D eigenvalue weighted by Crippen LogP contribution is 2.36. The van der Waals surface area contributed by atoms with E-state index in [9.17, 15) is 13.2 Å². The van der Waals surface area contributed by atoms with E-state index in [0.29, 0.717) is 12.2 Å². The third-order valence-electron chi connectivity index (χ3n) is 1.91. The van der Waals surface area contributed by atoms with Gasteiger partial charge in [-0.3, -0.25) is 0 Å². The number of hydrogen-bond donors (Lipinski definition) is 0. The van der Waals surface area contributed by atoms with E-state index < -0.39 is 11.9 Å². The van der Waals surface area contributed by atoms with E-state index in [1.165, 1.54) is 13.0 Å². The lowest BCUT2D eigenvalue weighted by molar-refractivity contribution is -0.154. The average molecular weight is 220 g/mol. The molecule has 4 heteroatoms. The Morgan fingerprint density at radius 2 is 1.73 bits per heavy atom. The minimum atomic E-state index is -4.39. The van der Waals surface area contributed by atoms with Crippen molar-refractivity contribution in [2.24, 2.45) is 5.41 Å². The molecule has 0 saturated heterocycles. The predicted molar refractivity (Wildman–Crippen MR) is 51.6 cm³/mol. The fraction of sp³-hybridized carbons (Fsp3) is 0.636. The van der Waals surface area contributed by atoms with Crippen LogP contribution in [0.3, 0.4) is 0 Å². The van der Waals surface area contributed by atoms with Crippen LogP contribution in [0.4, 0.5) is 13.2 Å². The summed E-state index contributed by atoms with van der Waals surface area (Å²) in [5.41, 5.74) is 0.0588. The lowest BCUT2D eigenvalue weighted by Crippen LogP contribution is -2.13. The molecular weight excluding hydrogens is 205 g/mol. The molecule has 0 saturated carbocycles. The summed E-state index contributed by atoms with van der Waals surface area (Å²) in [6.07, 6.45) is -4.03. The van der Waals surface area contributed by atoms with Crippen LogP contribution in [0.2, 0.25) is 0 Å². The van der Waals surface area contributed by atoms with Gasteiger partial charge in [-0.1, -0.05) is 20.8 Å². The lowest BCUT2D eigenvalue weighted by Gasteiger charge is -2.18. The highest BCUT2D eigenvalue weighted by Gasteiger charge is 2.38. The number of rotatable bonds is 1. The Hall–Kier alpha value is -0.930. The fourth-order valence-corrected chi connectivity index (χ4v) is 1.51. The van der Waals surface area contributed by atoms with E-state index in [4.69, 9.17) is 4.42 Å². The smallest absolute Gasteiger partial charge is 0.449 e. The van der Waals surface area contributed by atoms with Gasteiger partial charge in [-0.25, -0.2) is 0 Å². The Kier molecular flexibility index (Phi) is 2.90. The van der Waals surface area contributed by atoms with Crippen LogP contribution in [0.5, 0.6) is 0 Å². The van der Waals surface area contributed by atoms with Gasteiger partial charge in [0.2, 0.25) is 5.76 Å². The van der Waals surface area contributed by atoms with Gasteiger partial charge in [0.15, 0.2) is 0 Å². The van der Waals surface area contributed by atoms with Crippen molar-refractivity contribution in [3.05, 3.63) is 23.2 Å². The van der Waals surface area contributed by atoms with Crippen LogP contribution < -0.4 is 0 Å². The Morgan fingerprint density at radius 3 is 2.13 bits per heavy atom. The molecule has 0 spiro atoms. The normalized spacial score (nSPS) is 13.3. The number of hydrogen-bond acceptors (Lipinski definition) is 1. The van der Waals surface area contributed by atoms with Gasteiger partial charge in [-0.15, -0.1) is 0 Å². The van der Waals surface area contributed by atoms with Gasteiger partial charge in [-0.05, 0) is 24.8 Å². The van der Waals surface area contributed by atoms with Gasteiger partial charge in [0.1, 0.15) is 5.76 Å². The zero-order valence-corrected chi connectivity index (χ0v) is 9.33. The summed E-state index contributed by atoms with van der Waals surface area (Å²) in [6.45, 7) is 7.22. The van der Waals surface area contributed by atoms with Crippen LogP contribution >= 0.6 is 0 Å². The number of aryl methyl sites for hydroxylation is 1. The molecule has 0 fully saturated rings. The summed E-state index contributed by atoms with van der Waals surface area (Å²) in [7, 11) is 0. The Morgan fingerprint density at radius 1 is 1.20 bits per heavy atom. The minimum absolute atomic E-state index is 0.184. The maximum atomic E-state index is 12.5. The second kappa shape index (κ2) is 3.58. The summed E-state index contributed by atoms with van der Waals surface area (Å²) < 4.78 is 42.3. The van der Waals surface area contributed by atoms with Crippen molar-refractivity contribution in [1.82, 2.24) is 0 Å². The zero-order chi connectivity index (χ0) is 11.9. The molecule has 86 valence electrons. The predicted octanol–water partition coefficient (Wildman–Crippen LogP) is 4.20. The molecule has 0 aliphatic rings. The van der Waals surface area contributed by atoms with E-state index in [1.54, 1.807) is 0 Å². The average Bonchev–Trinajstić information content (AvgIpc) is 2.25. The molecule has 1 aromatic rings. The van der Waals surface area contributed by atoms with Crippen LogP contribution in [0.15, 0.2) is 10.5 Å². The maximum Gasteiger partial charge on any atom is 0.449 e. The molecule has 1 rings (SSSR count). The third kappa shape index (κ3) is 3.29. The highest BCUT2D eigenvalue weighted by atomic mass is 19.4. The summed E-state index contributed by atoms with van der Waals surface area (Å²) in [5, 5.41) is 0. The largest absolute Gasteiger partial charge is 0.457 e. The minimum Gasteiger partial charge on any atom is -0.457 e. The molecule has 0 radical (unpaired) electrons. The van der Waals surface area contributed by atoms with Crippen molar-refractivity contribution in [3.63, 3.8) is 0 Å². The fourth-order valence-electron chi connectivity index (χ4n) is 1.51. The second-order valence-electron chi connectivity index (χ2n) is 4.95. The van der Waals surface area contributed by atoms with Gasteiger partial charge in [0.25, 0.3) is 0 Å². The Balaban J connectivity index is 3.08. The summed E-state index contributed by atoms with van der Waals surface area (Å²) >= 11 is 0. The first-order valence-electron chi connectivity index (χ1n) is 4.76. The van der Waals surface area contributed by atoms with E-state index in [-0.39, 0.29) is 11.0 Å². The van der Waals surface area contributed by atoms with E-state index in [2.05, 4.69) is 0 Å². The quantitative estimate of drug-likeness (QED) is 0.691. The van der Waals surface area contributed by atoms with Crippen molar-refractivity contribution in [1.29, 1.82) is 0 Å². The molecule has 0 unspecified atom stereocenters. The van der Waals surface area contributed by atoms with Crippen molar-refractivity contribution < 1.29 is 17.6 Å². The number of alkyl halides is 3. The highest BCUT2D eigenvalue weighted by molar-refractivity contribution is 5.24. The molecule has 0 atom stereocenters. The Labute approximate surface area is 87.3 Å². The second-order valence-corrected chi connectivity index (χ2v) is 4.95.